The van der Waals surface area contributed by atoms with Crippen LogP contribution < -0.4 is 0 Å². The lowest BCUT2D eigenvalue weighted by Gasteiger charge is -2.29. The molecule has 2 rings (SSSR count). The van der Waals surface area contributed by atoms with Crippen LogP contribution in [0.15, 0.2) is 0 Å². The Morgan fingerprint density at radius 1 is 1.23 bits per heavy atom. The van der Waals surface area contributed by atoms with Gasteiger partial charge in [-0.1, -0.05) is 0 Å². The van der Waals surface area contributed by atoms with Crippen LogP contribution in [0, 0.1) is 5.92 Å². The maximum absolute atomic E-state index is 10.8. The fourth-order valence-electron chi connectivity index (χ4n) is 2.58. The van der Waals surface area contributed by atoms with Gasteiger partial charge >= 0.3 is 12.1 Å². The fraction of sp³-hybridized carbons (Fsp3) is 0.750. The summed E-state index contributed by atoms with van der Waals surface area (Å²) in [6, 6.07) is -0.847. The number of carbonyl (C=O) groups is 2. The number of carboxylic acid groups (broad SMARTS) is 2. The lowest BCUT2D eigenvalue weighted by atomic mass is 9.99. The molecule has 1 aliphatic heterocycles. The molecule has 2 fully saturated rings. The van der Waals surface area contributed by atoms with Crippen molar-refractivity contribution in [2.75, 3.05) is 0 Å². The molecule has 2 N–H and O–H groups in total. The van der Waals surface area contributed by atoms with E-state index < -0.39 is 18.1 Å². The number of aliphatic carboxylic acids is 1. The average Bonchev–Trinajstić information content (AvgIpc) is 2.60. The maximum atomic E-state index is 10.8. The van der Waals surface area contributed by atoms with Crippen LogP contribution in [-0.2, 0) is 4.79 Å². The van der Waals surface area contributed by atoms with Crippen LogP contribution in [0.2, 0.25) is 0 Å². The molecule has 3 atom stereocenters. The van der Waals surface area contributed by atoms with Crippen molar-refractivity contribution in [1.82, 2.24) is 4.90 Å². The molecule has 1 aliphatic carbocycles. The van der Waals surface area contributed by atoms with Crippen LogP contribution in [0.5, 0.6) is 0 Å². The minimum Gasteiger partial charge on any atom is -0.480 e. The molecule has 2 bridgehead atoms. The third-order valence-electron chi connectivity index (χ3n) is 3.06. The quantitative estimate of drug-likeness (QED) is 0.627. The van der Waals surface area contributed by atoms with Gasteiger partial charge in [-0.25, -0.2) is 9.59 Å². The van der Waals surface area contributed by atoms with Gasteiger partial charge in [0.25, 0.3) is 0 Å². The lowest BCUT2D eigenvalue weighted by Crippen LogP contribution is -2.48. The molecule has 0 aromatic heterocycles. The summed E-state index contributed by atoms with van der Waals surface area (Å²) in [6.07, 6.45) is 1.30. The number of hydrogen-bond acceptors (Lipinski definition) is 2. The van der Waals surface area contributed by atoms with Gasteiger partial charge in [-0.2, -0.15) is 0 Å². The second-order valence-electron chi connectivity index (χ2n) is 3.70. The number of amides is 1. The van der Waals surface area contributed by atoms with Gasteiger partial charge in [0, 0.05) is 6.04 Å². The Kier molecular flexibility index (Phi) is 1.68. The lowest BCUT2D eigenvalue weighted by molar-refractivity contribution is -0.144. The summed E-state index contributed by atoms with van der Waals surface area (Å²) < 4.78 is 0. The molecule has 5 heteroatoms. The second-order valence-corrected chi connectivity index (χ2v) is 3.70. The van der Waals surface area contributed by atoms with E-state index in [-0.39, 0.29) is 12.0 Å². The van der Waals surface area contributed by atoms with Gasteiger partial charge in [0.15, 0.2) is 0 Å². The minimum atomic E-state index is -1.10. The molecule has 0 spiro atoms. The van der Waals surface area contributed by atoms with E-state index in [1.807, 2.05) is 0 Å². The zero-order valence-corrected chi connectivity index (χ0v) is 7.01. The van der Waals surface area contributed by atoms with E-state index >= 15 is 0 Å². The Morgan fingerprint density at radius 3 is 2.38 bits per heavy atom. The number of fused-ring (bicyclic) bond motifs is 2. The fourth-order valence-corrected chi connectivity index (χ4v) is 2.58. The van der Waals surface area contributed by atoms with Crippen molar-refractivity contribution in [3.05, 3.63) is 0 Å². The van der Waals surface area contributed by atoms with Crippen LogP contribution in [0.4, 0.5) is 4.79 Å². The van der Waals surface area contributed by atoms with Gasteiger partial charge in [-0.15, -0.1) is 0 Å². The van der Waals surface area contributed by atoms with E-state index in [9.17, 15) is 9.59 Å². The van der Waals surface area contributed by atoms with Crippen molar-refractivity contribution in [1.29, 1.82) is 0 Å². The van der Waals surface area contributed by atoms with Crippen LogP contribution >= 0.6 is 0 Å². The van der Waals surface area contributed by atoms with Gasteiger partial charge in [0.05, 0.1) is 0 Å². The summed E-state index contributed by atoms with van der Waals surface area (Å²) in [5.74, 6) is -0.965. The number of rotatable bonds is 1. The van der Waals surface area contributed by atoms with Crippen LogP contribution in [0.3, 0.4) is 0 Å². The Bertz CT molecular complexity index is 239. The van der Waals surface area contributed by atoms with Gasteiger partial charge in [0.1, 0.15) is 6.04 Å². The van der Waals surface area contributed by atoms with Crippen molar-refractivity contribution < 1.29 is 19.8 Å². The summed E-state index contributed by atoms with van der Waals surface area (Å²) in [7, 11) is 0. The number of carboxylic acids is 1. The van der Waals surface area contributed by atoms with Crippen molar-refractivity contribution >= 4 is 12.1 Å². The Morgan fingerprint density at radius 2 is 1.92 bits per heavy atom. The average molecular weight is 185 g/mol. The van der Waals surface area contributed by atoms with Crippen LogP contribution in [0.1, 0.15) is 19.3 Å². The zero-order valence-electron chi connectivity index (χ0n) is 7.01. The Labute approximate surface area is 75.0 Å². The molecule has 1 heterocycles. The molecule has 0 aromatic carbocycles. The van der Waals surface area contributed by atoms with Crippen molar-refractivity contribution in [3.8, 4) is 0 Å². The molecule has 1 amide bonds. The summed E-state index contributed by atoms with van der Waals surface area (Å²) in [4.78, 5) is 22.7. The van der Waals surface area contributed by atoms with Gasteiger partial charge < -0.3 is 10.2 Å². The Hall–Kier alpha value is -1.26. The monoisotopic (exact) mass is 185 g/mol. The topological polar surface area (TPSA) is 77.8 Å². The smallest absolute Gasteiger partial charge is 0.408 e. The minimum absolute atomic E-state index is 0.0404. The van der Waals surface area contributed by atoms with Crippen molar-refractivity contribution in [2.24, 2.45) is 5.92 Å². The van der Waals surface area contributed by atoms with Gasteiger partial charge in [-0.05, 0) is 25.2 Å². The van der Waals surface area contributed by atoms with E-state index in [0.717, 1.165) is 24.2 Å². The molecule has 72 valence electrons. The summed E-state index contributed by atoms with van der Waals surface area (Å²) in [5.41, 5.74) is 0. The molecule has 5 nitrogen and oxygen atoms in total. The van der Waals surface area contributed by atoms with E-state index in [2.05, 4.69) is 0 Å². The second kappa shape index (κ2) is 2.61. The summed E-state index contributed by atoms with van der Waals surface area (Å²) in [5, 5.41) is 17.7. The molecular weight excluding hydrogens is 174 g/mol. The SMILES string of the molecule is O=C(O)C1C2CCC(C2)N1C(=O)O. The first-order chi connectivity index (χ1) is 6.11. The molecule has 1 saturated heterocycles. The van der Waals surface area contributed by atoms with E-state index in [0.29, 0.717) is 0 Å². The van der Waals surface area contributed by atoms with E-state index in [1.54, 1.807) is 0 Å². The number of nitrogens with zero attached hydrogens (tertiary/aromatic N) is 1. The number of likely N-dealkylation sites (tertiary alicyclic amines) is 1. The van der Waals surface area contributed by atoms with Gasteiger partial charge in [0.2, 0.25) is 0 Å². The van der Waals surface area contributed by atoms with Crippen LogP contribution in [-0.4, -0.2) is 39.3 Å². The molecule has 0 radical (unpaired) electrons. The predicted molar refractivity (Wildman–Crippen MR) is 42.4 cm³/mol. The first-order valence-corrected chi connectivity index (χ1v) is 4.35. The number of hydrogen-bond donors (Lipinski definition) is 2. The molecule has 2 aliphatic rings. The van der Waals surface area contributed by atoms with E-state index in [4.69, 9.17) is 10.2 Å². The highest BCUT2D eigenvalue weighted by atomic mass is 16.4. The van der Waals surface area contributed by atoms with E-state index in [1.165, 1.54) is 0 Å². The molecule has 0 aromatic rings. The summed E-state index contributed by atoms with van der Waals surface area (Å²) in [6.45, 7) is 0. The zero-order chi connectivity index (χ0) is 9.59. The van der Waals surface area contributed by atoms with Crippen LogP contribution in [0.25, 0.3) is 0 Å². The van der Waals surface area contributed by atoms with Crippen molar-refractivity contribution in [2.45, 2.75) is 31.3 Å². The highest BCUT2D eigenvalue weighted by Gasteiger charge is 2.51. The molecule has 13 heavy (non-hydrogen) atoms. The third kappa shape index (κ3) is 1.07. The normalized spacial score (nSPS) is 36.6. The third-order valence-corrected chi connectivity index (χ3v) is 3.06. The predicted octanol–water partition coefficient (Wildman–Crippen LogP) is 0.602. The molecule has 1 saturated carbocycles. The first kappa shape index (κ1) is 8.34. The largest absolute Gasteiger partial charge is 0.480 e. The maximum Gasteiger partial charge on any atom is 0.408 e. The van der Waals surface area contributed by atoms with Gasteiger partial charge in [-0.3, -0.25) is 4.90 Å². The standard InChI is InChI=1S/C8H11NO4/c10-7(11)6-4-1-2-5(3-4)9(6)8(12)13/h4-6H,1-3H2,(H,10,11)(H,12,13). The first-order valence-electron chi connectivity index (χ1n) is 4.35. The highest BCUT2D eigenvalue weighted by molar-refractivity contribution is 5.81. The highest BCUT2D eigenvalue weighted by Crippen LogP contribution is 2.42. The molecule has 3 unspecified atom stereocenters. The number of piperidine rings is 1. The Balaban J connectivity index is 2.24. The van der Waals surface area contributed by atoms with Crippen molar-refractivity contribution in [3.63, 3.8) is 0 Å². The molecular formula is C8H11NO4. The summed E-state index contributed by atoms with van der Waals surface area (Å²) >= 11 is 0.